The summed E-state index contributed by atoms with van der Waals surface area (Å²) in [4.78, 5) is 22.5. The van der Waals surface area contributed by atoms with Crippen LogP contribution >= 0.6 is 0 Å². The number of nitro groups is 1. The van der Waals surface area contributed by atoms with Crippen LogP contribution in [0.1, 0.15) is 26.3 Å². The molecule has 182 valence electrons. The van der Waals surface area contributed by atoms with Crippen molar-refractivity contribution in [3.05, 3.63) is 107 Å². The van der Waals surface area contributed by atoms with Gasteiger partial charge in [-0.05, 0) is 27.6 Å². The summed E-state index contributed by atoms with van der Waals surface area (Å²) in [5, 5.41) is 25.2. The summed E-state index contributed by atoms with van der Waals surface area (Å²) in [5.41, 5.74) is 0.339. The number of amides is 1. The fourth-order valence-electron chi connectivity index (χ4n) is 4.29. The molecule has 0 heterocycles. The predicted octanol–water partition coefficient (Wildman–Crippen LogP) is 4.82. The lowest BCUT2D eigenvalue weighted by Gasteiger charge is -2.43. The molecule has 3 rings (SSSR count). The molecule has 0 aliphatic heterocycles. The SMILES string of the molecule is CC(C)(C)[Si](OC[C@H](C=Cc1ccccc1[N+](=O)[O-])NC(=O)O)(c1ccccc1)c1ccccc1. The Balaban J connectivity index is 2.01. The second-order valence-corrected chi connectivity index (χ2v) is 13.5. The molecule has 8 heteroatoms. The average molecular weight is 491 g/mol. The van der Waals surface area contributed by atoms with Crippen molar-refractivity contribution in [2.45, 2.75) is 31.9 Å². The Morgan fingerprint density at radius 2 is 1.51 bits per heavy atom. The number of para-hydroxylation sites is 1. The molecule has 0 aliphatic carbocycles. The monoisotopic (exact) mass is 490 g/mol. The van der Waals surface area contributed by atoms with Crippen molar-refractivity contribution >= 4 is 36.5 Å². The molecule has 0 saturated heterocycles. The number of hydrogen-bond acceptors (Lipinski definition) is 4. The predicted molar refractivity (Wildman–Crippen MR) is 141 cm³/mol. The molecule has 35 heavy (non-hydrogen) atoms. The average Bonchev–Trinajstić information content (AvgIpc) is 2.83. The Hall–Kier alpha value is -3.75. The van der Waals surface area contributed by atoms with Crippen LogP contribution in [0.15, 0.2) is 91.0 Å². The first kappa shape index (κ1) is 25.9. The van der Waals surface area contributed by atoms with Crippen LogP contribution in [0.5, 0.6) is 0 Å². The molecule has 3 aromatic rings. The fourth-order valence-corrected chi connectivity index (χ4v) is 8.88. The molecule has 0 saturated carbocycles. The summed E-state index contributed by atoms with van der Waals surface area (Å²) in [6.45, 7) is 6.49. The van der Waals surface area contributed by atoms with Crippen LogP contribution in [0.25, 0.3) is 6.08 Å². The zero-order chi connectivity index (χ0) is 25.5. The molecular weight excluding hydrogens is 460 g/mol. The van der Waals surface area contributed by atoms with Gasteiger partial charge in [-0.2, -0.15) is 0 Å². The van der Waals surface area contributed by atoms with Crippen LogP contribution in [0.2, 0.25) is 5.04 Å². The molecule has 0 fully saturated rings. The van der Waals surface area contributed by atoms with Gasteiger partial charge in [0.1, 0.15) is 0 Å². The van der Waals surface area contributed by atoms with E-state index >= 15 is 0 Å². The van der Waals surface area contributed by atoms with Crippen molar-refractivity contribution in [3.8, 4) is 0 Å². The van der Waals surface area contributed by atoms with Gasteiger partial charge in [0.15, 0.2) is 0 Å². The highest BCUT2D eigenvalue weighted by molar-refractivity contribution is 6.99. The third-order valence-corrected chi connectivity index (χ3v) is 10.9. The van der Waals surface area contributed by atoms with E-state index in [0.717, 1.165) is 10.4 Å². The summed E-state index contributed by atoms with van der Waals surface area (Å²) >= 11 is 0. The lowest BCUT2D eigenvalue weighted by atomic mass is 10.1. The molecule has 3 aromatic carbocycles. The maximum absolute atomic E-state index is 11.6. The van der Waals surface area contributed by atoms with Crippen molar-refractivity contribution in [2.24, 2.45) is 0 Å². The van der Waals surface area contributed by atoms with Crippen molar-refractivity contribution in [3.63, 3.8) is 0 Å². The highest BCUT2D eigenvalue weighted by Gasteiger charge is 2.50. The largest absolute Gasteiger partial charge is 0.465 e. The van der Waals surface area contributed by atoms with Crippen LogP contribution in [-0.4, -0.2) is 37.1 Å². The van der Waals surface area contributed by atoms with Crippen LogP contribution in [0.4, 0.5) is 10.5 Å². The van der Waals surface area contributed by atoms with E-state index in [-0.39, 0.29) is 17.3 Å². The van der Waals surface area contributed by atoms with Gasteiger partial charge in [0.2, 0.25) is 0 Å². The standard InChI is InChI=1S/C27H30N2O5Si/c1-27(2,3)35(23-13-6-4-7-14-23,24-15-8-5-9-16-24)34-20-22(28-26(30)31)19-18-21-12-10-11-17-25(21)29(32)33/h4-19,22,28H,20H2,1-3H3,(H,30,31)/t22-/m0/s1. The van der Waals surface area contributed by atoms with Crippen molar-refractivity contribution in [1.29, 1.82) is 0 Å². The van der Waals surface area contributed by atoms with E-state index in [1.54, 1.807) is 30.4 Å². The third-order valence-electron chi connectivity index (χ3n) is 5.85. The molecule has 1 amide bonds. The number of nitrogens with zero attached hydrogens (tertiary/aromatic N) is 1. The molecule has 0 spiro atoms. The first-order valence-electron chi connectivity index (χ1n) is 11.3. The van der Waals surface area contributed by atoms with E-state index in [1.807, 2.05) is 36.4 Å². The van der Waals surface area contributed by atoms with Crippen LogP contribution in [0, 0.1) is 10.1 Å². The van der Waals surface area contributed by atoms with Crippen LogP contribution in [-0.2, 0) is 4.43 Å². The summed E-state index contributed by atoms with van der Waals surface area (Å²) in [5.74, 6) is 0. The summed E-state index contributed by atoms with van der Waals surface area (Å²) in [6, 6.07) is 25.7. The quantitative estimate of drug-likeness (QED) is 0.254. The number of hydrogen-bond donors (Lipinski definition) is 2. The molecule has 0 bridgehead atoms. The maximum Gasteiger partial charge on any atom is 0.405 e. The lowest BCUT2D eigenvalue weighted by molar-refractivity contribution is -0.385. The van der Waals surface area contributed by atoms with E-state index in [2.05, 4.69) is 50.4 Å². The molecular formula is C27H30N2O5Si. The number of rotatable bonds is 9. The normalized spacial score (nSPS) is 12.9. The van der Waals surface area contributed by atoms with Gasteiger partial charge < -0.3 is 14.8 Å². The lowest BCUT2D eigenvalue weighted by Crippen LogP contribution is -2.67. The van der Waals surface area contributed by atoms with Gasteiger partial charge >= 0.3 is 6.09 Å². The van der Waals surface area contributed by atoms with Gasteiger partial charge in [-0.25, -0.2) is 4.79 Å². The van der Waals surface area contributed by atoms with Crippen molar-refractivity contribution in [2.75, 3.05) is 6.61 Å². The molecule has 1 atom stereocenters. The molecule has 7 nitrogen and oxygen atoms in total. The number of carbonyl (C=O) groups is 1. The Bertz CT molecular complexity index is 1140. The molecule has 0 aromatic heterocycles. The van der Waals surface area contributed by atoms with Gasteiger partial charge in [-0.15, -0.1) is 0 Å². The number of nitrogens with one attached hydrogen (secondary N) is 1. The first-order chi connectivity index (χ1) is 16.6. The first-order valence-corrected chi connectivity index (χ1v) is 13.2. The van der Waals surface area contributed by atoms with Crippen LogP contribution in [0.3, 0.4) is 0 Å². The van der Waals surface area contributed by atoms with Gasteiger partial charge in [0.25, 0.3) is 14.0 Å². The van der Waals surface area contributed by atoms with E-state index in [0.29, 0.717) is 5.56 Å². The van der Waals surface area contributed by atoms with Crippen molar-refractivity contribution < 1.29 is 19.3 Å². The van der Waals surface area contributed by atoms with Gasteiger partial charge in [-0.3, -0.25) is 10.1 Å². The van der Waals surface area contributed by atoms with E-state index in [9.17, 15) is 20.0 Å². The third kappa shape index (κ3) is 6.03. The number of carboxylic acid groups (broad SMARTS) is 1. The van der Waals surface area contributed by atoms with Crippen molar-refractivity contribution in [1.82, 2.24) is 5.32 Å². The highest BCUT2D eigenvalue weighted by Crippen LogP contribution is 2.36. The summed E-state index contributed by atoms with van der Waals surface area (Å²) in [7, 11) is -2.88. The van der Waals surface area contributed by atoms with Gasteiger partial charge in [0, 0.05) is 6.07 Å². The minimum atomic E-state index is -2.88. The Kier molecular flexibility index (Phi) is 8.21. The molecule has 2 N–H and O–H groups in total. The smallest absolute Gasteiger partial charge is 0.405 e. The topological polar surface area (TPSA) is 102 Å². The zero-order valence-electron chi connectivity index (χ0n) is 20.0. The summed E-state index contributed by atoms with van der Waals surface area (Å²) in [6.07, 6.45) is 1.97. The minimum Gasteiger partial charge on any atom is -0.465 e. The highest BCUT2D eigenvalue weighted by atomic mass is 28.4. The van der Waals surface area contributed by atoms with Gasteiger partial charge in [-0.1, -0.05) is 99.6 Å². The molecule has 0 radical (unpaired) electrons. The molecule has 0 aliphatic rings. The second-order valence-electron chi connectivity index (χ2n) is 9.21. The Morgan fingerprint density at radius 1 is 1.00 bits per heavy atom. The molecule has 0 unspecified atom stereocenters. The van der Waals surface area contributed by atoms with Crippen LogP contribution < -0.4 is 15.7 Å². The van der Waals surface area contributed by atoms with E-state index in [4.69, 9.17) is 4.43 Å². The number of nitro benzene ring substituents is 1. The maximum atomic E-state index is 11.6. The zero-order valence-corrected chi connectivity index (χ0v) is 21.0. The van der Waals surface area contributed by atoms with E-state index in [1.165, 1.54) is 6.07 Å². The van der Waals surface area contributed by atoms with E-state index < -0.39 is 25.4 Å². The number of benzene rings is 3. The summed E-state index contributed by atoms with van der Waals surface area (Å²) < 4.78 is 6.82. The minimum absolute atomic E-state index is 0.0503. The van der Waals surface area contributed by atoms with Gasteiger partial charge in [0.05, 0.1) is 23.1 Å². The Morgan fingerprint density at radius 3 is 2.00 bits per heavy atom. The fraction of sp³-hybridized carbons (Fsp3) is 0.222. The Labute approximate surface area is 206 Å². The second kappa shape index (κ2) is 11.1.